The standard InChI is InChI=1S/C30H28N4S/c1-29(2,3)26-16-32-24-12-18(20-8-6-7-9-22(20)27(24)34-26)14-30(4,5)19-10-11-21-23-15-31-17-33-28(23)35-25(21)13-19/h6-13,15-17H,14H2,1-5H3. The fourth-order valence-corrected chi connectivity index (χ4v) is 5.99. The van der Waals surface area contributed by atoms with E-state index >= 15 is 0 Å². The lowest BCUT2D eigenvalue weighted by molar-refractivity contribution is 0.525. The van der Waals surface area contributed by atoms with Gasteiger partial charge in [0.1, 0.15) is 11.2 Å². The number of benzene rings is 3. The predicted molar refractivity (Wildman–Crippen MR) is 147 cm³/mol. The van der Waals surface area contributed by atoms with Crippen LogP contribution in [-0.2, 0) is 17.3 Å². The molecule has 3 heterocycles. The maximum absolute atomic E-state index is 5.05. The molecule has 0 spiro atoms. The van der Waals surface area contributed by atoms with Gasteiger partial charge >= 0.3 is 0 Å². The van der Waals surface area contributed by atoms with Gasteiger partial charge in [-0.05, 0) is 40.5 Å². The molecule has 6 rings (SSSR count). The van der Waals surface area contributed by atoms with E-state index in [1.54, 1.807) is 17.7 Å². The van der Waals surface area contributed by atoms with Gasteiger partial charge in [0, 0.05) is 38.7 Å². The Bertz CT molecular complexity index is 1740. The van der Waals surface area contributed by atoms with E-state index in [2.05, 4.69) is 93.1 Å². The zero-order valence-corrected chi connectivity index (χ0v) is 21.6. The normalized spacial score (nSPS) is 12.8. The molecule has 0 unspecified atom stereocenters. The Balaban J connectivity index is 1.46. The van der Waals surface area contributed by atoms with Crippen molar-refractivity contribution in [2.75, 3.05) is 0 Å². The quantitative estimate of drug-likeness (QED) is 0.245. The lowest BCUT2D eigenvalue weighted by Crippen LogP contribution is -2.20. The van der Waals surface area contributed by atoms with Gasteiger partial charge in [0.05, 0.1) is 16.7 Å². The van der Waals surface area contributed by atoms with Gasteiger partial charge in [-0.15, -0.1) is 11.3 Å². The minimum atomic E-state index is -0.0642. The van der Waals surface area contributed by atoms with Crippen molar-refractivity contribution in [3.05, 3.63) is 84.1 Å². The molecule has 3 aromatic heterocycles. The second-order valence-electron chi connectivity index (χ2n) is 11.1. The summed E-state index contributed by atoms with van der Waals surface area (Å²) in [5.41, 5.74) is 5.49. The van der Waals surface area contributed by atoms with Gasteiger partial charge in [-0.25, -0.2) is 15.0 Å². The highest BCUT2D eigenvalue weighted by molar-refractivity contribution is 7.25. The molecule has 0 atom stereocenters. The predicted octanol–water partition coefficient (Wildman–Crippen LogP) is 7.76. The van der Waals surface area contributed by atoms with Crippen molar-refractivity contribution >= 4 is 53.4 Å². The largest absolute Gasteiger partial charge is 0.253 e. The van der Waals surface area contributed by atoms with Crippen molar-refractivity contribution in [3.63, 3.8) is 0 Å². The molecule has 0 aliphatic carbocycles. The molecule has 3 aromatic carbocycles. The average Bonchev–Trinajstić information content (AvgIpc) is 3.21. The molecule has 0 radical (unpaired) electrons. The van der Waals surface area contributed by atoms with E-state index in [1.165, 1.54) is 32.0 Å². The summed E-state index contributed by atoms with van der Waals surface area (Å²) in [5.74, 6) is 0. The van der Waals surface area contributed by atoms with E-state index in [0.717, 1.165) is 33.4 Å². The first kappa shape index (κ1) is 22.1. The van der Waals surface area contributed by atoms with Crippen LogP contribution in [0.1, 0.15) is 51.4 Å². The minimum Gasteiger partial charge on any atom is -0.253 e. The molecule has 0 bridgehead atoms. The molecule has 0 saturated heterocycles. The lowest BCUT2D eigenvalue weighted by atomic mass is 9.78. The zero-order valence-electron chi connectivity index (χ0n) is 20.8. The Hall–Kier alpha value is -3.44. The summed E-state index contributed by atoms with van der Waals surface area (Å²) in [4.78, 5) is 19.6. The van der Waals surface area contributed by atoms with Crippen molar-refractivity contribution in [1.82, 2.24) is 19.9 Å². The summed E-state index contributed by atoms with van der Waals surface area (Å²) in [6, 6.07) is 17.7. The third kappa shape index (κ3) is 3.75. The van der Waals surface area contributed by atoms with Crippen LogP contribution < -0.4 is 0 Å². The first-order valence-electron chi connectivity index (χ1n) is 12.0. The summed E-state index contributed by atoms with van der Waals surface area (Å²) < 4.78 is 1.26. The monoisotopic (exact) mass is 476 g/mol. The number of thiophene rings is 1. The molecule has 4 nitrogen and oxygen atoms in total. The number of aromatic nitrogens is 4. The van der Waals surface area contributed by atoms with Gasteiger partial charge in [-0.2, -0.15) is 0 Å². The van der Waals surface area contributed by atoms with Crippen LogP contribution >= 0.6 is 11.3 Å². The Morgan fingerprint density at radius 3 is 2.40 bits per heavy atom. The Morgan fingerprint density at radius 1 is 0.800 bits per heavy atom. The molecule has 174 valence electrons. The van der Waals surface area contributed by atoms with Crippen LogP contribution in [0.15, 0.2) is 67.3 Å². The fourth-order valence-electron chi connectivity index (χ4n) is 4.94. The highest BCUT2D eigenvalue weighted by Gasteiger charge is 2.25. The Kier molecular flexibility index (Phi) is 4.91. The lowest BCUT2D eigenvalue weighted by Gasteiger charge is -2.27. The third-order valence-corrected chi connectivity index (χ3v) is 8.05. The number of rotatable bonds is 3. The van der Waals surface area contributed by atoms with Gasteiger partial charge in [0.15, 0.2) is 0 Å². The van der Waals surface area contributed by atoms with E-state index in [0.29, 0.717) is 0 Å². The Labute approximate surface area is 209 Å². The van der Waals surface area contributed by atoms with Crippen molar-refractivity contribution in [3.8, 4) is 0 Å². The van der Waals surface area contributed by atoms with Crippen LogP contribution in [-0.4, -0.2) is 19.9 Å². The summed E-state index contributed by atoms with van der Waals surface area (Å²) in [5, 5.41) is 4.79. The third-order valence-electron chi connectivity index (χ3n) is 6.98. The van der Waals surface area contributed by atoms with Crippen molar-refractivity contribution in [2.45, 2.75) is 51.9 Å². The van der Waals surface area contributed by atoms with Gasteiger partial charge in [0.25, 0.3) is 0 Å². The summed E-state index contributed by atoms with van der Waals surface area (Å²) in [6.07, 6.45) is 6.38. The van der Waals surface area contributed by atoms with Crippen LogP contribution in [0.3, 0.4) is 0 Å². The zero-order chi connectivity index (χ0) is 24.4. The summed E-state index contributed by atoms with van der Waals surface area (Å²) in [7, 11) is 0. The molecule has 6 aromatic rings. The SMILES string of the molecule is CC(C)(C)c1cnc2cc(CC(C)(C)c3ccc4c(c3)sc3ncncc34)c3ccccc3c2n1. The van der Waals surface area contributed by atoms with Crippen molar-refractivity contribution < 1.29 is 0 Å². The van der Waals surface area contributed by atoms with Crippen LogP contribution in [0.25, 0.3) is 42.1 Å². The Morgan fingerprint density at radius 2 is 1.60 bits per heavy atom. The molecule has 0 aliphatic heterocycles. The second kappa shape index (κ2) is 7.79. The molecule has 0 amide bonds. The topological polar surface area (TPSA) is 51.6 Å². The number of hydrogen-bond acceptors (Lipinski definition) is 5. The highest BCUT2D eigenvalue weighted by atomic mass is 32.1. The summed E-state index contributed by atoms with van der Waals surface area (Å²) in [6.45, 7) is 11.2. The van der Waals surface area contributed by atoms with Crippen molar-refractivity contribution in [2.24, 2.45) is 0 Å². The maximum Gasteiger partial charge on any atom is 0.127 e. The smallest absolute Gasteiger partial charge is 0.127 e. The molecule has 5 heteroatoms. The molecular formula is C30H28N4S. The van der Waals surface area contributed by atoms with E-state index in [-0.39, 0.29) is 10.8 Å². The van der Waals surface area contributed by atoms with Gasteiger partial charge in [-0.1, -0.05) is 71.0 Å². The van der Waals surface area contributed by atoms with E-state index in [9.17, 15) is 0 Å². The van der Waals surface area contributed by atoms with E-state index < -0.39 is 0 Å². The fraction of sp³-hybridized carbons (Fsp3) is 0.267. The highest BCUT2D eigenvalue weighted by Crippen LogP contribution is 2.38. The van der Waals surface area contributed by atoms with Gasteiger partial charge in [-0.3, -0.25) is 4.98 Å². The second-order valence-corrected chi connectivity index (χ2v) is 12.1. The molecule has 0 fully saturated rings. The van der Waals surface area contributed by atoms with Gasteiger partial charge in [0.2, 0.25) is 0 Å². The average molecular weight is 477 g/mol. The van der Waals surface area contributed by atoms with Crippen LogP contribution in [0.2, 0.25) is 0 Å². The van der Waals surface area contributed by atoms with E-state index in [4.69, 9.17) is 9.97 Å². The summed E-state index contributed by atoms with van der Waals surface area (Å²) >= 11 is 1.74. The van der Waals surface area contributed by atoms with Gasteiger partial charge < -0.3 is 0 Å². The number of fused-ring (bicyclic) bond motifs is 6. The molecule has 0 saturated carbocycles. The minimum absolute atomic E-state index is 0.0419. The molecule has 35 heavy (non-hydrogen) atoms. The van der Waals surface area contributed by atoms with Crippen LogP contribution in [0, 0.1) is 0 Å². The first-order valence-corrected chi connectivity index (χ1v) is 12.8. The van der Waals surface area contributed by atoms with Crippen molar-refractivity contribution in [1.29, 1.82) is 0 Å². The number of nitrogens with zero attached hydrogens (tertiary/aromatic N) is 4. The van der Waals surface area contributed by atoms with Crippen LogP contribution in [0.5, 0.6) is 0 Å². The van der Waals surface area contributed by atoms with E-state index in [1.807, 2.05) is 12.4 Å². The molecular weight excluding hydrogens is 448 g/mol. The van der Waals surface area contributed by atoms with Crippen LogP contribution in [0.4, 0.5) is 0 Å². The molecule has 0 N–H and O–H groups in total. The molecule has 0 aliphatic rings. The number of hydrogen-bond donors (Lipinski definition) is 0. The maximum atomic E-state index is 5.05. The first-order chi connectivity index (χ1) is 16.7.